The number of hydrogen-bond donors (Lipinski definition) is 1. The third-order valence-electron chi connectivity index (χ3n) is 2.93. The van der Waals surface area contributed by atoms with E-state index in [0.29, 0.717) is 11.3 Å². The fourth-order valence-corrected chi connectivity index (χ4v) is 1.72. The van der Waals surface area contributed by atoms with Crippen LogP contribution in [-0.2, 0) is 14.3 Å². The molecule has 0 spiro atoms. The topological polar surface area (TPSA) is 84.9 Å². The van der Waals surface area contributed by atoms with Crippen LogP contribution in [0.1, 0.15) is 31.1 Å². The monoisotopic (exact) mass is 348 g/mol. The van der Waals surface area contributed by atoms with E-state index in [1.807, 2.05) is 0 Å². The zero-order valence-electron chi connectivity index (χ0n) is 15.2. The van der Waals surface area contributed by atoms with E-state index in [1.165, 1.54) is 18.1 Å². The van der Waals surface area contributed by atoms with Gasteiger partial charge in [-0.15, -0.1) is 0 Å². The van der Waals surface area contributed by atoms with E-state index < -0.39 is 17.7 Å². The summed E-state index contributed by atoms with van der Waals surface area (Å²) in [5.41, 5.74) is 0.376. The Morgan fingerprint density at radius 3 is 2.28 bits per heavy atom. The molecular formula is C18H24N2O5. The summed E-state index contributed by atoms with van der Waals surface area (Å²) in [5.74, 6) is -0.786. The van der Waals surface area contributed by atoms with Crippen LogP contribution in [0.5, 0.6) is 0 Å². The molecule has 1 aromatic rings. The lowest BCUT2D eigenvalue weighted by atomic mass is 10.2. The highest BCUT2D eigenvalue weighted by Crippen LogP contribution is 2.11. The highest BCUT2D eigenvalue weighted by molar-refractivity contribution is 5.99. The predicted molar refractivity (Wildman–Crippen MR) is 94.4 cm³/mol. The molecule has 2 amide bonds. The second kappa shape index (κ2) is 8.86. The van der Waals surface area contributed by atoms with E-state index in [4.69, 9.17) is 4.74 Å². The molecule has 0 aliphatic rings. The number of rotatable bonds is 5. The molecule has 1 N–H and O–H groups in total. The Labute approximate surface area is 147 Å². The van der Waals surface area contributed by atoms with Crippen molar-refractivity contribution in [3.05, 3.63) is 42.0 Å². The first-order valence-corrected chi connectivity index (χ1v) is 7.72. The fraction of sp³-hybridized carbons (Fsp3) is 0.389. The Bertz CT molecular complexity index is 644. The summed E-state index contributed by atoms with van der Waals surface area (Å²) >= 11 is 0. The van der Waals surface area contributed by atoms with Gasteiger partial charge in [0.25, 0.3) is 0 Å². The second-order valence-electron chi connectivity index (χ2n) is 6.32. The summed E-state index contributed by atoms with van der Waals surface area (Å²) in [6.45, 7) is 5.60. The molecule has 0 saturated carbocycles. The molecule has 1 rings (SSSR count). The Morgan fingerprint density at radius 1 is 1.16 bits per heavy atom. The first-order valence-electron chi connectivity index (χ1n) is 7.72. The molecule has 25 heavy (non-hydrogen) atoms. The Morgan fingerprint density at radius 2 is 1.76 bits per heavy atom. The number of amides is 2. The number of likely N-dealkylation sites (N-methyl/N-ethyl adjacent to an activating group) is 1. The van der Waals surface area contributed by atoms with Gasteiger partial charge in [-0.05, 0) is 45.0 Å². The minimum Gasteiger partial charge on any atom is -0.465 e. The fourth-order valence-electron chi connectivity index (χ4n) is 1.72. The van der Waals surface area contributed by atoms with Crippen molar-refractivity contribution in [2.45, 2.75) is 26.4 Å². The average Bonchev–Trinajstić information content (AvgIpc) is 2.53. The van der Waals surface area contributed by atoms with Crippen molar-refractivity contribution in [2.24, 2.45) is 0 Å². The van der Waals surface area contributed by atoms with Gasteiger partial charge in [0, 0.05) is 25.4 Å². The molecule has 0 heterocycles. The van der Waals surface area contributed by atoms with Crippen LogP contribution in [0, 0.1) is 0 Å². The van der Waals surface area contributed by atoms with Crippen molar-refractivity contribution in [1.82, 2.24) is 4.90 Å². The number of hydrogen-bond acceptors (Lipinski definition) is 5. The van der Waals surface area contributed by atoms with Gasteiger partial charge in [-0.1, -0.05) is 6.08 Å². The molecule has 1 aromatic carbocycles. The minimum atomic E-state index is -0.567. The maximum absolute atomic E-state index is 11.8. The molecule has 0 aliphatic heterocycles. The quantitative estimate of drug-likeness (QED) is 0.653. The van der Waals surface area contributed by atoms with Crippen LogP contribution in [0.4, 0.5) is 10.5 Å². The van der Waals surface area contributed by atoms with Crippen LogP contribution in [0.15, 0.2) is 36.4 Å². The van der Waals surface area contributed by atoms with Gasteiger partial charge in [-0.3, -0.25) is 4.79 Å². The van der Waals surface area contributed by atoms with Crippen LogP contribution >= 0.6 is 0 Å². The summed E-state index contributed by atoms with van der Waals surface area (Å²) in [5, 5.41) is 2.65. The largest absolute Gasteiger partial charge is 0.465 e. The molecule has 0 unspecified atom stereocenters. The highest BCUT2D eigenvalue weighted by atomic mass is 16.6. The van der Waals surface area contributed by atoms with Crippen LogP contribution < -0.4 is 5.32 Å². The van der Waals surface area contributed by atoms with Gasteiger partial charge in [-0.25, -0.2) is 9.59 Å². The zero-order valence-corrected chi connectivity index (χ0v) is 15.2. The number of carbonyl (C=O) groups excluding carboxylic acids is 3. The molecule has 0 saturated heterocycles. The van der Waals surface area contributed by atoms with Crippen LogP contribution in [0.3, 0.4) is 0 Å². The van der Waals surface area contributed by atoms with E-state index in [2.05, 4.69) is 10.1 Å². The second-order valence-corrected chi connectivity index (χ2v) is 6.32. The number of nitrogens with one attached hydrogen (secondary N) is 1. The van der Waals surface area contributed by atoms with Crippen molar-refractivity contribution in [1.29, 1.82) is 0 Å². The number of methoxy groups -OCH3 is 1. The smallest absolute Gasteiger partial charge is 0.410 e. The molecule has 0 fully saturated rings. The molecule has 0 bridgehead atoms. The number of nitrogens with zero attached hydrogens (tertiary/aromatic N) is 1. The lowest BCUT2D eigenvalue weighted by molar-refractivity contribution is -0.111. The van der Waals surface area contributed by atoms with Gasteiger partial charge < -0.3 is 19.7 Å². The van der Waals surface area contributed by atoms with Crippen LogP contribution in [0.2, 0.25) is 0 Å². The van der Waals surface area contributed by atoms with Gasteiger partial charge in [0.1, 0.15) is 5.60 Å². The maximum atomic E-state index is 11.8. The molecule has 0 aromatic heterocycles. The summed E-state index contributed by atoms with van der Waals surface area (Å²) < 4.78 is 9.81. The summed E-state index contributed by atoms with van der Waals surface area (Å²) in [4.78, 5) is 36.3. The number of esters is 1. The molecule has 136 valence electrons. The Hall–Kier alpha value is -2.83. The van der Waals surface area contributed by atoms with Crippen molar-refractivity contribution < 1.29 is 23.9 Å². The average molecular weight is 348 g/mol. The third-order valence-corrected chi connectivity index (χ3v) is 2.93. The Kier molecular flexibility index (Phi) is 7.17. The molecule has 0 atom stereocenters. The van der Waals surface area contributed by atoms with Crippen molar-refractivity contribution in [3.8, 4) is 0 Å². The summed E-state index contributed by atoms with van der Waals surface area (Å²) in [6, 6.07) is 6.32. The predicted octanol–water partition coefficient (Wildman–Crippen LogP) is 2.83. The van der Waals surface area contributed by atoms with Gasteiger partial charge >= 0.3 is 12.1 Å². The first kappa shape index (κ1) is 20.2. The highest BCUT2D eigenvalue weighted by Gasteiger charge is 2.18. The third kappa shape index (κ3) is 7.52. The van der Waals surface area contributed by atoms with E-state index in [0.717, 1.165) is 0 Å². The molecular weight excluding hydrogens is 324 g/mol. The van der Waals surface area contributed by atoms with E-state index in [9.17, 15) is 14.4 Å². The molecule has 0 radical (unpaired) electrons. The van der Waals surface area contributed by atoms with E-state index in [-0.39, 0.29) is 12.5 Å². The van der Waals surface area contributed by atoms with Crippen molar-refractivity contribution in [3.63, 3.8) is 0 Å². The van der Waals surface area contributed by atoms with Gasteiger partial charge in [0.15, 0.2) is 0 Å². The van der Waals surface area contributed by atoms with E-state index in [1.54, 1.807) is 58.2 Å². The normalized spacial score (nSPS) is 11.1. The van der Waals surface area contributed by atoms with Crippen LogP contribution in [0.25, 0.3) is 0 Å². The van der Waals surface area contributed by atoms with Gasteiger partial charge in [0.2, 0.25) is 5.91 Å². The first-order chi connectivity index (χ1) is 11.6. The zero-order chi connectivity index (χ0) is 19.0. The van der Waals surface area contributed by atoms with Crippen molar-refractivity contribution in [2.75, 3.05) is 26.0 Å². The molecule has 0 aliphatic carbocycles. The SMILES string of the molecule is COC(=O)c1ccc(NC(=O)/C=C/CN(C)C(=O)OC(C)(C)C)cc1. The lowest BCUT2D eigenvalue weighted by Gasteiger charge is -2.23. The maximum Gasteiger partial charge on any atom is 0.410 e. The van der Waals surface area contributed by atoms with Crippen molar-refractivity contribution >= 4 is 23.7 Å². The standard InChI is InChI=1S/C18H24N2O5/c1-18(2,3)25-17(23)20(4)12-6-7-15(21)19-14-10-8-13(9-11-14)16(22)24-5/h6-11H,12H2,1-5H3,(H,19,21)/b7-6+. The number of anilines is 1. The summed E-state index contributed by atoms with van der Waals surface area (Å²) in [6.07, 6.45) is 2.42. The molecule has 7 nitrogen and oxygen atoms in total. The number of carbonyl (C=O) groups is 3. The number of ether oxygens (including phenoxy) is 2. The van der Waals surface area contributed by atoms with Crippen LogP contribution in [-0.4, -0.2) is 49.2 Å². The lowest BCUT2D eigenvalue weighted by Crippen LogP contribution is -2.34. The number of benzene rings is 1. The van der Waals surface area contributed by atoms with Gasteiger partial charge in [0.05, 0.1) is 12.7 Å². The molecule has 7 heteroatoms. The van der Waals surface area contributed by atoms with E-state index >= 15 is 0 Å². The van der Waals surface area contributed by atoms with Gasteiger partial charge in [-0.2, -0.15) is 0 Å². The summed E-state index contributed by atoms with van der Waals surface area (Å²) in [7, 11) is 2.89. The minimum absolute atomic E-state index is 0.240. The Balaban J connectivity index is 2.49.